The Kier molecular flexibility index (Phi) is 5.63. The molecule has 1 amide bonds. The van der Waals surface area contributed by atoms with Crippen LogP contribution < -0.4 is 4.74 Å². The highest BCUT2D eigenvalue weighted by Crippen LogP contribution is 2.33. The molecule has 1 aromatic carbocycles. The number of nitrogens with zero attached hydrogens (tertiary/aromatic N) is 1. The number of benzene rings is 1. The van der Waals surface area contributed by atoms with E-state index in [1.165, 1.54) is 12.8 Å². The predicted molar refractivity (Wildman–Crippen MR) is 101 cm³/mol. The molecule has 0 spiro atoms. The molecule has 1 heterocycles. The van der Waals surface area contributed by atoms with Gasteiger partial charge >= 0.3 is 12.1 Å². The van der Waals surface area contributed by atoms with Crippen LogP contribution in [0.15, 0.2) is 18.2 Å². The first-order valence-electron chi connectivity index (χ1n) is 9.70. The molecule has 6 nitrogen and oxygen atoms in total. The molecule has 1 N–H and O–H groups in total. The molecular weight excluding hydrogens is 346 g/mol. The van der Waals surface area contributed by atoms with Crippen LogP contribution in [0, 0.1) is 5.92 Å². The molecule has 1 aliphatic carbocycles. The van der Waals surface area contributed by atoms with E-state index in [1.54, 1.807) is 17.0 Å². The second-order valence-corrected chi connectivity index (χ2v) is 8.59. The Morgan fingerprint density at radius 2 is 1.78 bits per heavy atom. The van der Waals surface area contributed by atoms with Crippen molar-refractivity contribution < 1.29 is 24.2 Å². The van der Waals surface area contributed by atoms with Gasteiger partial charge in [0.25, 0.3) is 0 Å². The summed E-state index contributed by atoms with van der Waals surface area (Å²) in [5.74, 6) is 0.510. The molecular formula is C21H29NO5. The number of carbonyl (C=O) groups is 2. The summed E-state index contributed by atoms with van der Waals surface area (Å²) < 4.78 is 11.3. The SMILES string of the molecule is CC(C)(C)OC(=O)N1CCC(c2cc(OCC3CC3)cc(C(=O)O)c2)CC1. The monoisotopic (exact) mass is 375 g/mol. The number of ether oxygens (including phenoxy) is 2. The molecule has 1 saturated heterocycles. The fraction of sp³-hybridized carbons (Fsp3) is 0.619. The van der Waals surface area contributed by atoms with Crippen molar-refractivity contribution in [3.63, 3.8) is 0 Å². The van der Waals surface area contributed by atoms with E-state index in [9.17, 15) is 14.7 Å². The number of piperidine rings is 1. The van der Waals surface area contributed by atoms with Crippen LogP contribution in [-0.4, -0.2) is 47.4 Å². The number of hydrogen-bond donors (Lipinski definition) is 1. The zero-order valence-corrected chi connectivity index (χ0v) is 16.4. The van der Waals surface area contributed by atoms with Gasteiger partial charge in [-0.15, -0.1) is 0 Å². The van der Waals surface area contributed by atoms with Gasteiger partial charge in [0, 0.05) is 13.1 Å². The van der Waals surface area contributed by atoms with Crippen molar-refractivity contribution >= 4 is 12.1 Å². The molecule has 2 fully saturated rings. The molecule has 27 heavy (non-hydrogen) atoms. The van der Waals surface area contributed by atoms with Crippen LogP contribution >= 0.6 is 0 Å². The van der Waals surface area contributed by atoms with Crippen molar-refractivity contribution in [3.05, 3.63) is 29.3 Å². The highest BCUT2D eigenvalue weighted by Gasteiger charge is 2.28. The third kappa shape index (κ3) is 5.62. The fourth-order valence-electron chi connectivity index (χ4n) is 3.29. The lowest BCUT2D eigenvalue weighted by Crippen LogP contribution is -2.41. The molecule has 148 valence electrons. The van der Waals surface area contributed by atoms with Crippen molar-refractivity contribution in [1.82, 2.24) is 4.90 Å². The van der Waals surface area contributed by atoms with E-state index in [1.807, 2.05) is 26.8 Å². The highest BCUT2D eigenvalue weighted by atomic mass is 16.6. The maximum absolute atomic E-state index is 12.2. The number of aromatic carboxylic acids is 1. The lowest BCUT2D eigenvalue weighted by Gasteiger charge is -2.33. The molecule has 1 aromatic rings. The highest BCUT2D eigenvalue weighted by molar-refractivity contribution is 5.88. The topological polar surface area (TPSA) is 76.1 Å². The smallest absolute Gasteiger partial charge is 0.410 e. The van der Waals surface area contributed by atoms with Crippen LogP contribution in [0.1, 0.15) is 68.3 Å². The van der Waals surface area contributed by atoms with Gasteiger partial charge in [-0.1, -0.05) is 0 Å². The first kappa shape index (κ1) is 19.5. The Hall–Kier alpha value is -2.24. The number of rotatable bonds is 5. The minimum atomic E-state index is -0.945. The first-order valence-corrected chi connectivity index (χ1v) is 9.70. The predicted octanol–water partition coefficient (Wildman–Crippen LogP) is 4.29. The normalized spacial score (nSPS) is 18.3. The van der Waals surface area contributed by atoms with Crippen LogP contribution in [0.2, 0.25) is 0 Å². The summed E-state index contributed by atoms with van der Waals surface area (Å²) in [6.45, 7) is 7.44. The Morgan fingerprint density at radius 3 is 2.33 bits per heavy atom. The first-order chi connectivity index (χ1) is 12.7. The molecule has 1 aliphatic heterocycles. The van der Waals surface area contributed by atoms with Crippen molar-refractivity contribution in [2.45, 2.75) is 58.0 Å². The Balaban J connectivity index is 1.65. The van der Waals surface area contributed by atoms with Crippen LogP contribution in [0.4, 0.5) is 4.79 Å². The van der Waals surface area contributed by atoms with E-state index in [0.29, 0.717) is 31.4 Å². The van der Waals surface area contributed by atoms with Gasteiger partial charge in [-0.3, -0.25) is 0 Å². The molecule has 0 unspecified atom stereocenters. The molecule has 0 atom stereocenters. The van der Waals surface area contributed by atoms with Gasteiger partial charge in [0.2, 0.25) is 0 Å². The number of carboxylic acid groups (broad SMARTS) is 1. The number of hydrogen-bond acceptors (Lipinski definition) is 4. The zero-order valence-electron chi connectivity index (χ0n) is 16.4. The Labute approximate surface area is 160 Å². The average Bonchev–Trinajstić information content (AvgIpc) is 3.43. The number of carbonyl (C=O) groups excluding carboxylic acids is 1. The summed E-state index contributed by atoms with van der Waals surface area (Å²) in [7, 11) is 0. The van der Waals surface area contributed by atoms with Gasteiger partial charge in [0.1, 0.15) is 11.4 Å². The average molecular weight is 375 g/mol. The van der Waals surface area contributed by atoms with Crippen molar-refractivity contribution in [3.8, 4) is 5.75 Å². The van der Waals surface area contributed by atoms with Gasteiger partial charge in [-0.2, -0.15) is 0 Å². The van der Waals surface area contributed by atoms with Crippen molar-refractivity contribution in [2.75, 3.05) is 19.7 Å². The quantitative estimate of drug-likeness (QED) is 0.831. The summed E-state index contributed by atoms with van der Waals surface area (Å²) in [4.78, 5) is 25.4. The molecule has 6 heteroatoms. The molecule has 0 bridgehead atoms. The number of amides is 1. The van der Waals surface area contributed by atoms with E-state index in [4.69, 9.17) is 9.47 Å². The zero-order chi connectivity index (χ0) is 19.6. The minimum Gasteiger partial charge on any atom is -0.493 e. The lowest BCUT2D eigenvalue weighted by molar-refractivity contribution is 0.0204. The standard InChI is InChI=1S/C21H29NO5/c1-21(2,3)27-20(25)22-8-6-15(7-9-22)16-10-17(19(23)24)12-18(11-16)26-13-14-4-5-14/h10-12,14-15H,4-9,13H2,1-3H3,(H,23,24). The van der Waals surface area contributed by atoms with Gasteiger partial charge in [0.15, 0.2) is 0 Å². The summed E-state index contributed by atoms with van der Waals surface area (Å²) in [5, 5.41) is 9.42. The van der Waals surface area contributed by atoms with E-state index in [-0.39, 0.29) is 17.6 Å². The van der Waals surface area contributed by atoms with Crippen LogP contribution in [-0.2, 0) is 4.74 Å². The fourth-order valence-corrected chi connectivity index (χ4v) is 3.29. The van der Waals surface area contributed by atoms with Crippen LogP contribution in [0.25, 0.3) is 0 Å². The maximum Gasteiger partial charge on any atom is 0.410 e. The minimum absolute atomic E-state index is 0.214. The second kappa shape index (κ2) is 7.79. The van der Waals surface area contributed by atoms with Gasteiger partial charge in [-0.05, 0) is 82.1 Å². The van der Waals surface area contributed by atoms with Crippen LogP contribution in [0.5, 0.6) is 5.75 Å². The largest absolute Gasteiger partial charge is 0.493 e. The van der Waals surface area contributed by atoms with E-state index in [0.717, 1.165) is 18.4 Å². The summed E-state index contributed by atoms with van der Waals surface area (Å²) in [6.07, 6.45) is 3.66. The van der Waals surface area contributed by atoms with Gasteiger partial charge in [0.05, 0.1) is 12.2 Å². The lowest BCUT2D eigenvalue weighted by atomic mass is 9.88. The molecule has 0 radical (unpaired) electrons. The van der Waals surface area contributed by atoms with E-state index < -0.39 is 11.6 Å². The van der Waals surface area contributed by atoms with Crippen molar-refractivity contribution in [1.29, 1.82) is 0 Å². The summed E-state index contributed by atoms with van der Waals surface area (Å²) >= 11 is 0. The maximum atomic E-state index is 12.2. The third-order valence-corrected chi connectivity index (χ3v) is 4.98. The molecule has 0 aromatic heterocycles. The summed E-state index contributed by atoms with van der Waals surface area (Å²) in [5.41, 5.74) is 0.731. The summed E-state index contributed by atoms with van der Waals surface area (Å²) in [6, 6.07) is 5.30. The van der Waals surface area contributed by atoms with E-state index >= 15 is 0 Å². The van der Waals surface area contributed by atoms with E-state index in [2.05, 4.69) is 0 Å². The van der Waals surface area contributed by atoms with Crippen molar-refractivity contribution in [2.24, 2.45) is 5.92 Å². The molecule has 3 rings (SSSR count). The van der Waals surface area contributed by atoms with Gasteiger partial charge in [-0.25, -0.2) is 9.59 Å². The Bertz CT molecular complexity index is 697. The van der Waals surface area contributed by atoms with Crippen LogP contribution in [0.3, 0.4) is 0 Å². The number of likely N-dealkylation sites (tertiary alicyclic amines) is 1. The molecule has 2 aliphatic rings. The van der Waals surface area contributed by atoms with Gasteiger partial charge < -0.3 is 19.5 Å². The third-order valence-electron chi connectivity index (χ3n) is 4.98. The number of carboxylic acids is 1. The Morgan fingerprint density at radius 1 is 1.11 bits per heavy atom. The molecule has 1 saturated carbocycles. The second-order valence-electron chi connectivity index (χ2n) is 8.59.